The second-order valence-electron chi connectivity index (χ2n) is 12.8. The molecule has 2 saturated carbocycles. The lowest BCUT2D eigenvalue weighted by Crippen LogP contribution is -2.47. The van der Waals surface area contributed by atoms with Gasteiger partial charge in [0.05, 0.1) is 0 Å². The monoisotopic (exact) mass is 596 g/mol. The molecular formula is C35H44N6O3. The summed E-state index contributed by atoms with van der Waals surface area (Å²) in [5.74, 6) is 1.74. The van der Waals surface area contributed by atoms with Crippen LogP contribution in [0.25, 0.3) is 11.1 Å². The first-order valence-corrected chi connectivity index (χ1v) is 16.1. The Morgan fingerprint density at radius 3 is 2.39 bits per heavy atom. The summed E-state index contributed by atoms with van der Waals surface area (Å²) in [5.41, 5.74) is 5.74. The van der Waals surface area contributed by atoms with Crippen LogP contribution in [0.4, 0.5) is 11.5 Å². The average Bonchev–Trinajstić information content (AvgIpc) is 3.93. The van der Waals surface area contributed by atoms with Gasteiger partial charge in [-0.1, -0.05) is 0 Å². The van der Waals surface area contributed by atoms with E-state index in [0.29, 0.717) is 23.4 Å². The van der Waals surface area contributed by atoms with Gasteiger partial charge in [0.2, 0.25) is 5.91 Å². The lowest BCUT2D eigenvalue weighted by Gasteiger charge is -2.35. The van der Waals surface area contributed by atoms with Crippen LogP contribution in [-0.4, -0.2) is 66.0 Å². The van der Waals surface area contributed by atoms with E-state index in [4.69, 9.17) is 4.98 Å². The molecule has 3 heterocycles. The Morgan fingerprint density at radius 2 is 1.75 bits per heavy atom. The number of pyridine rings is 2. The van der Waals surface area contributed by atoms with Crippen LogP contribution < -0.4 is 20.7 Å². The van der Waals surface area contributed by atoms with Crippen LogP contribution in [0.15, 0.2) is 41.2 Å². The predicted molar refractivity (Wildman–Crippen MR) is 174 cm³/mol. The Hall–Kier alpha value is -3.98. The molecule has 3 fully saturated rings. The van der Waals surface area contributed by atoms with Crippen molar-refractivity contribution in [3.05, 3.63) is 74.8 Å². The number of rotatable bonds is 10. The summed E-state index contributed by atoms with van der Waals surface area (Å²) in [6, 6.07) is 11.7. The van der Waals surface area contributed by atoms with Crippen molar-refractivity contribution >= 4 is 23.3 Å². The van der Waals surface area contributed by atoms with Gasteiger partial charge in [0, 0.05) is 85.5 Å². The number of nitrogens with zero attached hydrogens (tertiary/aromatic N) is 4. The lowest BCUT2D eigenvalue weighted by atomic mass is 9.99. The van der Waals surface area contributed by atoms with Crippen molar-refractivity contribution in [1.82, 2.24) is 20.2 Å². The molecule has 3 aromatic rings. The molecule has 0 spiro atoms. The maximum absolute atomic E-state index is 13.6. The maximum Gasteiger partial charge on any atom is 0.253 e. The third-order valence-corrected chi connectivity index (χ3v) is 9.21. The summed E-state index contributed by atoms with van der Waals surface area (Å²) in [5, 5.41) is 2.94. The fourth-order valence-corrected chi connectivity index (χ4v) is 6.30. The number of hydrogen-bond acceptors (Lipinski definition) is 6. The van der Waals surface area contributed by atoms with Crippen molar-refractivity contribution < 1.29 is 9.59 Å². The number of aryl methyl sites for hydroxylation is 3. The van der Waals surface area contributed by atoms with Gasteiger partial charge in [-0.05, 0) is 107 Å². The number of carbonyl (C=O) groups is 2. The van der Waals surface area contributed by atoms with Gasteiger partial charge in [-0.15, -0.1) is 0 Å². The summed E-state index contributed by atoms with van der Waals surface area (Å²) in [6.45, 7) is 13.6. The second kappa shape index (κ2) is 12.6. The van der Waals surface area contributed by atoms with E-state index in [9.17, 15) is 14.4 Å². The van der Waals surface area contributed by atoms with E-state index in [1.54, 1.807) is 11.0 Å². The van der Waals surface area contributed by atoms with E-state index in [0.717, 1.165) is 78.8 Å². The first-order chi connectivity index (χ1) is 21.2. The van der Waals surface area contributed by atoms with Gasteiger partial charge < -0.3 is 20.1 Å². The molecule has 3 aliphatic rings. The molecule has 44 heavy (non-hydrogen) atoms. The molecule has 0 bridgehead atoms. The Kier molecular flexibility index (Phi) is 8.58. The molecule has 2 amide bonds. The molecule has 1 aliphatic heterocycles. The van der Waals surface area contributed by atoms with Gasteiger partial charge in [0.15, 0.2) is 0 Å². The minimum Gasteiger partial charge on any atom is -0.354 e. The zero-order valence-electron chi connectivity index (χ0n) is 26.4. The van der Waals surface area contributed by atoms with E-state index >= 15 is 0 Å². The van der Waals surface area contributed by atoms with Crippen molar-refractivity contribution in [2.24, 2.45) is 11.8 Å². The molecule has 232 valence electrons. The molecule has 0 unspecified atom stereocenters. The lowest BCUT2D eigenvalue weighted by molar-refractivity contribution is -0.119. The third-order valence-electron chi connectivity index (χ3n) is 9.21. The van der Waals surface area contributed by atoms with Crippen LogP contribution >= 0.6 is 0 Å². The highest BCUT2D eigenvalue weighted by atomic mass is 16.2. The second-order valence-corrected chi connectivity index (χ2v) is 12.8. The van der Waals surface area contributed by atoms with E-state index in [2.05, 4.69) is 32.2 Å². The van der Waals surface area contributed by atoms with Crippen LogP contribution in [0.5, 0.6) is 0 Å². The standard InChI is InChI=1S/C35H44N6O3/c1-5-41(35(44)26-8-9-26)29-18-27(17-28(19-29)33(42)36-20-31-22(2)16-23(3)37-34(31)43)30-10-11-32(38-24(30)4)40-14-12-39(13-15-40)21-25-6-7-25/h10-11,16-19,25-26H,5-9,12-15,20-21H2,1-4H3,(H,36,42)(H,37,43). The molecule has 9 nitrogen and oxygen atoms in total. The van der Waals surface area contributed by atoms with Crippen LogP contribution in [0.2, 0.25) is 0 Å². The number of nitrogens with one attached hydrogen (secondary N) is 2. The van der Waals surface area contributed by atoms with Gasteiger partial charge in [-0.25, -0.2) is 4.98 Å². The first kappa shape index (κ1) is 30.1. The molecule has 9 heteroatoms. The van der Waals surface area contributed by atoms with Crippen molar-refractivity contribution in [3.8, 4) is 11.1 Å². The average molecular weight is 597 g/mol. The number of anilines is 2. The van der Waals surface area contributed by atoms with Gasteiger partial charge in [-0.2, -0.15) is 0 Å². The molecule has 1 aromatic carbocycles. The molecule has 1 saturated heterocycles. The molecule has 0 radical (unpaired) electrons. The Balaban J connectivity index is 1.27. The van der Waals surface area contributed by atoms with Gasteiger partial charge in [0.1, 0.15) is 5.82 Å². The highest BCUT2D eigenvalue weighted by Gasteiger charge is 2.34. The summed E-state index contributed by atoms with van der Waals surface area (Å²) < 4.78 is 0. The summed E-state index contributed by atoms with van der Waals surface area (Å²) in [7, 11) is 0. The topological polar surface area (TPSA) is 102 Å². The zero-order valence-corrected chi connectivity index (χ0v) is 26.4. The predicted octanol–water partition coefficient (Wildman–Crippen LogP) is 4.59. The van der Waals surface area contributed by atoms with E-state index in [1.165, 1.54) is 19.4 Å². The van der Waals surface area contributed by atoms with Crippen molar-refractivity contribution in [1.29, 1.82) is 0 Å². The molecular weight excluding hydrogens is 552 g/mol. The minimum atomic E-state index is -0.298. The summed E-state index contributed by atoms with van der Waals surface area (Å²) >= 11 is 0. The number of aromatic nitrogens is 2. The van der Waals surface area contributed by atoms with Gasteiger partial charge in [-0.3, -0.25) is 19.3 Å². The van der Waals surface area contributed by atoms with Gasteiger partial charge >= 0.3 is 0 Å². The third kappa shape index (κ3) is 6.73. The number of amides is 2. The zero-order chi connectivity index (χ0) is 31.0. The number of benzene rings is 1. The van der Waals surface area contributed by atoms with Crippen LogP contribution in [0.3, 0.4) is 0 Å². The van der Waals surface area contributed by atoms with E-state index < -0.39 is 0 Å². The maximum atomic E-state index is 13.6. The number of hydrogen-bond donors (Lipinski definition) is 2. The Bertz CT molecular complexity index is 1620. The van der Waals surface area contributed by atoms with Crippen molar-refractivity contribution in [2.45, 2.75) is 59.9 Å². The smallest absolute Gasteiger partial charge is 0.253 e. The normalized spacial score (nSPS) is 17.0. The van der Waals surface area contributed by atoms with E-state index in [1.807, 2.05) is 45.9 Å². The highest BCUT2D eigenvalue weighted by molar-refractivity contribution is 6.01. The first-order valence-electron chi connectivity index (χ1n) is 16.1. The number of aromatic amines is 1. The molecule has 2 aromatic heterocycles. The Labute approximate surface area is 259 Å². The SMILES string of the molecule is CCN(C(=O)C1CC1)c1cc(C(=O)NCc2c(C)cc(C)[nH]c2=O)cc(-c2ccc(N3CCN(CC4CC4)CC3)nc2C)c1. The molecule has 2 N–H and O–H groups in total. The van der Waals surface area contributed by atoms with Crippen molar-refractivity contribution in [3.63, 3.8) is 0 Å². The number of piperazine rings is 1. The minimum absolute atomic E-state index is 0.0551. The highest BCUT2D eigenvalue weighted by Crippen LogP contribution is 2.35. The summed E-state index contributed by atoms with van der Waals surface area (Å²) in [6.07, 6.45) is 4.58. The number of H-pyrrole nitrogens is 1. The van der Waals surface area contributed by atoms with Crippen LogP contribution in [-0.2, 0) is 11.3 Å². The fourth-order valence-electron chi connectivity index (χ4n) is 6.30. The quantitative estimate of drug-likeness (QED) is 0.355. The fraction of sp³-hybridized carbons (Fsp3) is 0.486. The largest absolute Gasteiger partial charge is 0.354 e. The van der Waals surface area contributed by atoms with Crippen LogP contribution in [0.1, 0.15) is 65.5 Å². The van der Waals surface area contributed by atoms with Crippen LogP contribution in [0, 0.1) is 32.6 Å². The molecule has 2 aliphatic carbocycles. The van der Waals surface area contributed by atoms with E-state index in [-0.39, 0.29) is 29.8 Å². The Morgan fingerprint density at radius 1 is 1.00 bits per heavy atom. The van der Waals surface area contributed by atoms with Gasteiger partial charge in [0.25, 0.3) is 11.5 Å². The number of carbonyl (C=O) groups excluding carboxylic acids is 2. The molecule has 0 atom stereocenters. The van der Waals surface area contributed by atoms with Crippen molar-refractivity contribution in [2.75, 3.05) is 49.1 Å². The molecule has 6 rings (SSSR count). The summed E-state index contributed by atoms with van der Waals surface area (Å²) in [4.78, 5) is 53.9.